The standard InChI is InChI=1S/C25H26N2O3/c1-17(28)15-26(16-18(2)29)19-11-13-20(14-12-19)27(30)25-23-9-5-3-7-21(23)22-8-4-6-10-24(22)25/h3-14,17-18,28-29H,15-16H2,1-2H3. The van der Waals surface area contributed by atoms with Gasteiger partial charge in [-0.25, -0.2) is 0 Å². The van der Waals surface area contributed by atoms with Crippen molar-refractivity contribution in [3.8, 4) is 11.1 Å². The number of hydrogen-bond acceptors (Lipinski definition) is 4. The molecule has 5 heteroatoms. The lowest BCUT2D eigenvalue weighted by molar-refractivity contribution is -0.359. The second-order valence-corrected chi connectivity index (χ2v) is 7.85. The van der Waals surface area contributed by atoms with Crippen LogP contribution in [0.15, 0.2) is 72.8 Å². The van der Waals surface area contributed by atoms with Gasteiger partial charge < -0.3 is 20.3 Å². The number of aliphatic hydroxyl groups excluding tert-OH is 2. The Morgan fingerprint density at radius 2 is 1.17 bits per heavy atom. The third-order valence-corrected chi connectivity index (χ3v) is 5.28. The molecule has 0 aliphatic heterocycles. The van der Waals surface area contributed by atoms with Crippen LogP contribution < -0.4 is 4.90 Å². The highest BCUT2D eigenvalue weighted by Crippen LogP contribution is 2.37. The van der Waals surface area contributed by atoms with Crippen LogP contribution in [0.2, 0.25) is 0 Å². The van der Waals surface area contributed by atoms with E-state index in [9.17, 15) is 15.4 Å². The van der Waals surface area contributed by atoms with Crippen LogP contribution in [0.5, 0.6) is 0 Å². The third kappa shape index (κ3) is 3.82. The summed E-state index contributed by atoms with van der Waals surface area (Å²) in [5.41, 5.74) is 6.05. The van der Waals surface area contributed by atoms with E-state index in [1.54, 1.807) is 26.0 Å². The van der Waals surface area contributed by atoms with Crippen LogP contribution in [-0.2, 0) is 0 Å². The Bertz CT molecular complexity index is 1010. The van der Waals surface area contributed by atoms with Crippen molar-refractivity contribution < 1.29 is 15.0 Å². The molecule has 3 aromatic rings. The zero-order chi connectivity index (χ0) is 21.3. The van der Waals surface area contributed by atoms with Crippen LogP contribution >= 0.6 is 0 Å². The van der Waals surface area contributed by atoms with E-state index in [0.29, 0.717) is 24.5 Å². The molecule has 0 heterocycles. The Labute approximate surface area is 176 Å². The average Bonchev–Trinajstić information content (AvgIpc) is 3.07. The number of anilines is 1. The fourth-order valence-corrected chi connectivity index (χ4v) is 4.06. The van der Waals surface area contributed by atoms with Gasteiger partial charge in [-0.1, -0.05) is 36.4 Å². The normalized spacial score (nSPS) is 14.1. The number of nitrogens with zero attached hydrogens (tertiary/aromatic N) is 2. The lowest BCUT2D eigenvalue weighted by atomic mass is 10.1. The van der Waals surface area contributed by atoms with Crippen molar-refractivity contribution in [1.82, 2.24) is 0 Å². The molecule has 0 spiro atoms. The molecule has 1 aliphatic carbocycles. The van der Waals surface area contributed by atoms with Gasteiger partial charge in [0.05, 0.1) is 23.3 Å². The molecule has 5 nitrogen and oxygen atoms in total. The summed E-state index contributed by atoms with van der Waals surface area (Å²) in [4.78, 5) is 1.92. The molecule has 0 radical (unpaired) electrons. The first-order chi connectivity index (χ1) is 14.5. The van der Waals surface area contributed by atoms with Gasteiger partial charge in [0.1, 0.15) is 0 Å². The van der Waals surface area contributed by atoms with Gasteiger partial charge in [-0.15, -0.1) is 0 Å². The van der Waals surface area contributed by atoms with E-state index in [1.165, 1.54) is 0 Å². The van der Waals surface area contributed by atoms with Gasteiger partial charge in [-0.2, -0.15) is 4.74 Å². The summed E-state index contributed by atoms with van der Waals surface area (Å²) in [5.74, 6) is 0. The highest BCUT2D eigenvalue weighted by molar-refractivity contribution is 6.22. The van der Waals surface area contributed by atoms with Crippen LogP contribution in [0.3, 0.4) is 0 Å². The SMILES string of the molecule is CC(O)CN(CC(C)O)c1ccc([N+]([O-])=C2c3ccccc3-c3ccccc32)cc1. The van der Waals surface area contributed by atoms with Crippen molar-refractivity contribution in [1.29, 1.82) is 0 Å². The molecule has 4 rings (SSSR count). The maximum Gasteiger partial charge on any atom is 0.232 e. The van der Waals surface area contributed by atoms with Gasteiger partial charge in [-0.3, -0.25) is 0 Å². The quantitative estimate of drug-likeness (QED) is 0.291. The second-order valence-electron chi connectivity index (χ2n) is 7.85. The summed E-state index contributed by atoms with van der Waals surface area (Å²) >= 11 is 0. The number of hydrogen-bond donors (Lipinski definition) is 2. The summed E-state index contributed by atoms with van der Waals surface area (Å²) in [6, 6.07) is 23.2. The molecule has 0 saturated heterocycles. The van der Waals surface area contributed by atoms with Crippen molar-refractivity contribution in [3.05, 3.63) is 89.1 Å². The third-order valence-electron chi connectivity index (χ3n) is 5.28. The zero-order valence-electron chi connectivity index (χ0n) is 17.2. The largest absolute Gasteiger partial charge is 0.618 e. The molecule has 2 atom stereocenters. The predicted molar refractivity (Wildman–Crippen MR) is 120 cm³/mol. The van der Waals surface area contributed by atoms with Gasteiger partial charge in [0.25, 0.3) is 0 Å². The van der Waals surface area contributed by atoms with E-state index in [-0.39, 0.29) is 0 Å². The molecule has 30 heavy (non-hydrogen) atoms. The molecule has 0 amide bonds. The molecular weight excluding hydrogens is 376 g/mol. The predicted octanol–water partition coefficient (Wildman–Crippen LogP) is 3.91. The maximum absolute atomic E-state index is 13.4. The lowest BCUT2D eigenvalue weighted by Gasteiger charge is -2.27. The molecule has 0 bridgehead atoms. The highest BCUT2D eigenvalue weighted by atomic mass is 16.5. The van der Waals surface area contributed by atoms with E-state index >= 15 is 0 Å². The van der Waals surface area contributed by atoms with Crippen LogP contribution in [0.1, 0.15) is 25.0 Å². The number of aliphatic hydroxyl groups is 2. The monoisotopic (exact) mass is 402 g/mol. The van der Waals surface area contributed by atoms with Crippen LogP contribution in [-0.4, -0.2) is 46.0 Å². The average molecular weight is 402 g/mol. The summed E-state index contributed by atoms with van der Waals surface area (Å²) in [7, 11) is 0. The Morgan fingerprint density at radius 1 is 0.733 bits per heavy atom. The summed E-state index contributed by atoms with van der Waals surface area (Å²) in [6.45, 7) is 4.25. The maximum atomic E-state index is 13.4. The summed E-state index contributed by atoms with van der Waals surface area (Å²) < 4.78 is 0.988. The van der Waals surface area contributed by atoms with Crippen molar-refractivity contribution in [3.63, 3.8) is 0 Å². The van der Waals surface area contributed by atoms with Crippen molar-refractivity contribution in [2.45, 2.75) is 26.1 Å². The van der Waals surface area contributed by atoms with Crippen LogP contribution in [0.25, 0.3) is 11.1 Å². The fourth-order valence-electron chi connectivity index (χ4n) is 4.06. The minimum atomic E-state index is -0.526. The van der Waals surface area contributed by atoms with Gasteiger partial charge in [-0.05, 0) is 49.2 Å². The highest BCUT2D eigenvalue weighted by Gasteiger charge is 2.30. The van der Waals surface area contributed by atoms with E-state index in [4.69, 9.17) is 0 Å². The van der Waals surface area contributed by atoms with E-state index < -0.39 is 12.2 Å². The Balaban J connectivity index is 1.73. The van der Waals surface area contributed by atoms with Gasteiger partial charge in [0, 0.05) is 30.9 Å². The molecule has 0 fully saturated rings. The topological polar surface area (TPSA) is 69.8 Å². The van der Waals surface area contributed by atoms with Crippen molar-refractivity contribution >= 4 is 17.1 Å². The van der Waals surface area contributed by atoms with E-state index in [1.807, 2.05) is 65.6 Å². The second kappa shape index (κ2) is 8.30. The first-order valence-electron chi connectivity index (χ1n) is 10.2. The Kier molecular flexibility index (Phi) is 5.57. The molecule has 0 saturated carbocycles. The zero-order valence-corrected chi connectivity index (χ0v) is 17.2. The first-order valence-corrected chi connectivity index (χ1v) is 10.2. The summed E-state index contributed by atoms with van der Waals surface area (Å²) in [6.07, 6.45) is -1.05. The molecule has 2 N–H and O–H groups in total. The van der Waals surface area contributed by atoms with Crippen molar-refractivity contribution in [2.24, 2.45) is 0 Å². The molecule has 0 aromatic heterocycles. The number of fused-ring (bicyclic) bond motifs is 3. The van der Waals surface area contributed by atoms with Gasteiger partial charge >= 0.3 is 0 Å². The van der Waals surface area contributed by atoms with Crippen LogP contribution in [0, 0.1) is 5.21 Å². The minimum Gasteiger partial charge on any atom is -0.618 e. The number of benzene rings is 3. The van der Waals surface area contributed by atoms with Crippen molar-refractivity contribution in [2.75, 3.05) is 18.0 Å². The van der Waals surface area contributed by atoms with E-state index in [0.717, 1.165) is 32.7 Å². The smallest absolute Gasteiger partial charge is 0.232 e. The van der Waals surface area contributed by atoms with Gasteiger partial charge in [0.15, 0.2) is 0 Å². The van der Waals surface area contributed by atoms with Crippen LogP contribution in [0.4, 0.5) is 11.4 Å². The molecule has 3 aromatic carbocycles. The summed E-state index contributed by atoms with van der Waals surface area (Å²) in [5, 5.41) is 33.0. The molecular formula is C25H26N2O3. The number of rotatable bonds is 6. The van der Waals surface area contributed by atoms with E-state index in [2.05, 4.69) is 0 Å². The van der Waals surface area contributed by atoms with Gasteiger partial charge in [0.2, 0.25) is 11.4 Å². The Morgan fingerprint density at radius 3 is 1.60 bits per heavy atom. The molecule has 2 unspecified atom stereocenters. The Hall–Kier alpha value is -3.15. The minimum absolute atomic E-state index is 0.406. The fraction of sp³-hybridized carbons (Fsp3) is 0.240. The molecule has 1 aliphatic rings. The molecule has 154 valence electrons. The lowest BCUT2D eigenvalue weighted by Crippen LogP contribution is -2.36. The first kappa shape index (κ1) is 20.1.